The van der Waals surface area contributed by atoms with Gasteiger partial charge in [0.15, 0.2) is 5.78 Å². The van der Waals surface area contributed by atoms with Crippen LogP contribution in [0.1, 0.15) is 30.1 Å². The van der Waals surface area contributed by atoms with E-state index in [4.69, 9.17) is 4.74 Å². The number of ether oxygens (including phenoxy) is 1. The van der Waals surface area contributed by atoms with E-state index in [9.17, 15) is 19.5 Å². The summed E-state index contributed by atoms with van der Waals surface area (Å²) < 4.78 is 5.14. The predicted molar refractivity (Wildman–Crippen MR) is 121 cm³/mol. The number of hydrogen-bond acceptors (Lipinski definition) is 7. The first-order valence-electron chi connectivity index (χ1n) is 10.4. The third-order valence-corrected chi connectivity index (χ3v) is 8.00. The fourth-order valence-electron chi connectivity index (χ4n) is 4.52. The Hall–Kier alpha value is -1.81. The second-order valence-corrected chi connectivity index (χ2v) is 9.67. The van der Waals surface area contributed by atoms with E-state index in [0.29, 0.717) is 36.5 Å². The highest BCUT2D eigenvalue weighted by Gasteiger charge is 2.58. The van der Waals surface area contributed by atoms with Crippen LogP contribution in [0.3, 0.4) is 0 Å². The van der Waals surface area contributed by atoms with E-state index in [2.05, 4.69) is 17.5 Å². The summed E-state index contributed by atoms with van der Waals surface area (Å²) in [5.41, 5.74) is 0.993. The van der Waals surface area contributed by atoms with Gasteiger partial charge in [-0.05, 0) is 43.7 Å². The minimum Gasteiger partial charge on any atom is -0.497 e. The molecule has 1 amide bonds. The van der Waals surface area contributed by atoms with Crippen LogP contribution in [0.15, 0.2) is 34.9 Å². The van der Waals surface area contributed by atoms with Crippen molar-refractivity contribution >= 4 is 41.2 Å². The molecule has 0 bridgehead atoms. The molecule has 31 heavy (non-hydrogen) atoms. The number of carbonyl (C=O) groups is 3. The molecular weight excluding hydrogens is 436 g/mol. The Morgan fingerprint density at radius 2 is 2.03 bits per heavy atom. The van der Waals surface area contributed by atoms with E-state index in [1.165, 1.54) is 16.7 Å². The van der Waals surface area contributed by atoms with E-state index in [-0.39, 0.29) is 23.0 Å². The van der Waals surface area contributed by atoms with Crippen molar-refractivity contribution in [1.29, 1.82) is 0 Å². The number of likely N-dealkylation sites (tertiary alicyclic amines) is 1. The van der Waals surface area contributed by atoms with Crippen LogP contribution in [0.5, 0.6) is 5.75 Å². The molecule has 9 heteroatoms. The number of thiol groups is 1. The van der Waals surface area contributed by atoms with Crippen LogP contribution in [-0.4, -0.2) is 69.9 Å². The van der Waals surface area contributed by atoms with Crippen LogP contribution in [-0.2, 0) is 9.59 Å². The number of aliphatic hydroxyl groups excluding tert-OH is 1. The Kier molecular flexibility index (Phi) is 6.48. The molecule has 3 aliphatic rings. The molecule has 1 aromatic rings. The Balaban J connectivity index is 1.44. The first-order valence-corrected chi connectivity index (χ1v) is 11.7. The Morgan fingerprint density at radius 3 is 2.65 bits per heavy atom. The summed E-state index contributed by atoms with van der Waals surface area (Å²) in [6, 6.07) is 7.06. The van der Waals surface area contributed by atoms with Crippen LogP contribution in [0, 0.1) is 11.8 Å². The van der Waals surface area contributed by atoms with Crippen LogP contribution in [0.4, 0.5) is 0 Å². The standard InChI is InChI=1S/C22H26N2O5S2/c1-3-15(25)17-20(27)24-18(22(28)30)19(31-21(17)24)13-8-9-23(10-13)11-16(26)12-4-6-14(29-2)7-5-12/h4-7,13,15,17,21,25H,3,8-11H2,1-2H3,(H,28,30)/t13-,15-,17+,21+/m0/s1. The molecule has 1 aromatic carbocycles. The molecule has 166 valence electrons. The van der Waals surface area contributed by atoms with E-state index in [1.54, 1.807) is 31.4 Å². The Bertz CT molecular complexity index is 932. The van der Waals surface area contributed by atoms with Gasteiger partial charge in [0.2, 0.25) is 11.0 Å². The fourth-order valence-corrected chi connectivity index (χ4v) is 6.53. The monoisotopic (exact) mass is 462 g/mol. The Morgan fingerprint density at radius 1 is 1.32 bits per heavy atom. The van der Waals surface area contributed by atoms with Crippen molar-refractivity contribution in [3.63, 3.8) is 0 Å². The minimum absolute atomic E-state index is 0.0342. The van der Waals surface area contributed by atoms with Gasteiger partial charge in [-0.3, -0.25) is 24.2 Å². The molecule has 0 radical (unpaired) electrons. The fraction of sp³-hybridized carbons (Fsp3) is 0.500. The maximum atomic E-state index is 12.7. The maximum Gasteiger partial charge on any atom is 0.236 e. The third-order valence-electron chi connectivity index (χ3n) is 6.26. The van der Waals surface area contributed by atoms with Gasteiger partial charge in [0.25, 0.3) is 0 Å². The van der Waals surface area contributed by atoms with Crippen molar-refractivity contribution in [2.75, 3.05) is 26.7 Å². The highest BCUT2D eigenvalue weighted by molar-refractivity contribution is 8.04. The van der Waals surface area contributed by atoms with Crippen LogP contribution in [0.2, 0.25) is 0 Å². The summed E-state index contributed by atoms with van der Waals surface area (Å²) in [5.74, 6) is 0.121. The zero-order chi connectivity index (χ0) is 22.3. The van der Waals surface area contributed by atoms with Gasteiger partial charge in [0, 0.05) is 22.9 Å². The number of β-lactam (4-membered cyclic amide) rings is 1. The summed E-state index contributed by atoms with van der Waals surface area (Å²) >= 11 is 5.52. The number of ketones is 1. The average Bonchev–Trinajstić information content (AvgIpc) is 3.36. The molecule has 4 atom stereocenters. The summed E-state index contributed by atoms with van der Waals surface area (Å²) in [6.07, 6.45) is 0.586. The van der Waals surface area contributed by atoms with E-state index < -0.39 is 17.1 Å². The number of fused-ring (bicyclic) bond motifs is 1. The topological polar surface area (TPSA) is 87.2 Å². The number of thioether (sulfide) groups is 1. The average molecular weight is 463 g/mol. The van der Waals surface area contributed by atoms with Gasteiger partial charge in [0.05, 0.1) is 25.7 Å². The zero-order valence-corrected chi connectivity index (χ0v) is 19.2. The first kappa shape index (κ1) is 22.4. The van der Waals surface area contributed by atoms with E-state index >= 15 is 0 Å². The highest BCUT2D eigenvalue weighted by atomic mass is 32.2. The Labute approximate surface area is 191 Å². The molecule has 0 aromatic heterocycles. The number of aliphatic hydroxyl groups is 1. The van der Waals surface area contributed by atoms with Crippen molar-refractivity contribution in [2.24, 2.45) is 11.8 Å². The zero-order valence-electron chi connectivity index (χ0n) is 17.5. The van der Waals surface area contributed by atoms with Gasteiger partial charge < -0.3 is 9.84 Å². The lowest BCUT2D eigenvalue weighted by atomic mass is 9.89. The number of hydrogen-bond donors (Lipinski definition) is 2. The molecular formula is C22H26N2O5S2. The number of rotatable bonds is 8. The number of methoxy groups -OCH3 is 1. The predicted octanol–water partition coefficient (Wildman–Crippen LogP) is 2.17. The van der Waals surface area contributed by atoms with Gasteiger partial charge in [-0.15, -0.1) is 11.8 Å². The number of carbonyl (C=O) groups excluding carboxylic acids is 3. The lowest BCUT2D eigenvalue weighted by molar-refractivity contribution is -0.154. The molecule has 3 heterocycles. The summed E-state index contributed by atoms with van der Waals surface area (Å²) in [6.45, 7) is 3.52. The van der Waals surface area contributed by atoms with Crippen LogP contribution in [0.25, 0.3) is 0 Å². The number of benzene rings is 1. The van der Waals surface area contributed by atoms with Crippen molar-refractivity contribution in [3.05, 3.63) is 40.4 Å². The molecule has 7 nitrogen and oxygen atoms in total. The summed E-state index contributed by atoms with van der Waals surface area (Å²) in [4.78, 5) is 42.0. The second-order valence-electron chi connectivity index (χ2n) is 8.11. The third kappa shape index (κ3) is 4.04. The molecule has 2 fully saturated rings. The van der Waals surface area contributed by atoms with Gasteiger partial charge in [-0.25, -0.2) is 0 Å². The van der Waals surface area contributed by atoms with Crippen LogP contribution < -0.4 is 4.74 Å². The van der Waals surface area contributed by atoms with Crippen molar-refractivity contribution in [1.82, 2.24) is 9.80 Å². The molecule has 0 aliphatic carbocycles. The minimum atomic E-state index is -0.709. The normalized spacial score (nSPS) is 26.6. The lowest BCUT2D eigenvalue weighted by Gasteiger charge is -2.44. The quantitative estimate of drug-likeness (QED) is 0.348. The molecule has 1 N–H and O–H groups in total. The second kappa shape index (κ2) is 8.97. The largest absolute Gasteiger partial charge is 0.497 e. The molecule has 4 rings (SSSR count). The molecule has 2 saturated heterocycles. The smallest absolute Gasteiger partial charge is 0.236 e. The molecule has 0 spiro atoms. The van der Waals surface area contributed by atoms with Crippen molar-refractivity contribution < 1.29 is 24.2 Å². The SMILES string of the molecule is CC[C@H](O)[C@@H]1C(=O)N2C(C(=O)S)=C([C@H]3CCN(CC(=O)c4ccc(OC)cc4)C3)S[C@H]12. The molecule has 0 saturated carbocycles. The van der Waals surface area contributed by atoms with Gasteiger partial charge in [-0.1, -0.05) is 19.6 Å². The maximum absolute atomic E-state index is 12.7. The molecule has 0 unspecified atom stereocenters. The number of Topliss-reactive ketones (excluding diaryl/α,β-unsaturated/α-hetero) is 1. The van der Waals surface area contributed by atoms with Crippen LogP contribution >= 0.6 is 24.4 Å². The summed E-state index contributed by atoms with van der Waals surface area (Å²) in [5, 5.41) is 9.56. The first-order chi connectivity index (χ1) is 14.8. The summed E-state index contributed by atoms with van der Waals surface area (Å²) in [7, 11) is 1.59. The number of amides is 1. The van der Waals surface area contributed by atoms with Gasteiger partial charge in [-0.2, -0.15) is 0 Å². The highest BCUT2D eigenvalue weighted by Crippen LogP contribution is 2.54. The molecule has 3 aliphatic heterocycles. The number of nitrogens with zero attached hydrogens (tertiary/aromatic N) is 2. The van der Waals surface area contributed by atoms with Gasteiger partial charge >= 0.3 is 0 Å². The van der Waals surface area contributed by atoms with Crippen molar-refractivity contribution in [2.45, 2.75) is 31.2 Å². The van der Waals surface area contributed by atoms with Crippen molar-refractivity contribution in [3.8, 4) is 5.75 Å². The van der Waals surface area contributed by atoms with E-state index in [1.807, 2.05) is 6.92 Å². The van der Waals surface area contributed by atoms with E-state index in [0.717, 1.165) is 17.9 Å². The lowest BCUT2D eigenvalue weighted by Crippen LogP contribution is -2.61. The van der Waals surface area contributed by atoms with Gasteiger partial charge in [0.1, 0.15) is 16.8 Å².